The van der Waals surface area contributed by atoms with Crippen LogP contribution in [0.3, 0.4) is 0 Å². The zero-order valence-electron chi connectivity index (χ0n) is 12.0. The molecule has 3 N–H and O–H groups in total. The fraction of sp³-hybridized carbons (Fsp3) is 0.714. The normalized spacial score (nSPS) is 18.2. The Bertz CT molecular complexity index is 401. The molecule has 0 bridgehead atoms. The molecular weight excluding hydrogens is 238 g/mol. The third-order valence-electron chi connectivity index (χ3n) is 3.91. The number of hydrogen-bond donors (Lipinski definition) is 2. The van der Waals surface area contributed by atoms with Gasteiger partial charge in [0.1, 0.15) is 18.0 Å². The van der Waals surface area contributed by atoms with Gasteiger partial charge in [0.25, 0.3) is 0 Å². The molecule has 0 amide bonds. The highest BCUT2D eigenvalue weighted by molar-refractivity contribution is 5.54. The minimum atomic E-state index is 0.529. The fourth-order valence-corrected chi connectivity index (χ4v) is 2.66. The molecule has 0 saturated carbocycles. The zero-order valence-corrected chi connectivity index (χ0v) is 12.0. The van der Waals surface area contributed by atoms with Crippen molar-refractivity contribution in [3.8, 4) is 0 Å². The summed E-state index contributed by atoms with van der Waals surface area (Å²) in [6, 6.07) is 0.529. The number of aromatic nitrogens is 2. The summed E-state index contributed by atoms with van der Waals surface area (Å²) >= 11 is 0. The molecule has 2 rings (SSSR count). The number of nitrogens with zero attached hydrogens (tertiary/aromatic N) is 3. The van der Waals surface area contributed by atoms with Crippen LogP contribution < -0.4 is 11.1 Å². The Kier molecular flexibility index (Phi) is 4.96. The molecule has 1 unspecified atom stereocenters. The van der Waals surface area contributed by atoms with Crippen molar-refractivity contribution in [3.05, 3.63) is 11.9 Å². The first-order valence-electron chi connectivity index (χ1n) is 7.29. The van der Waals surface area contributed by atoms with Crippen LogP contribution in [0.5, 0.6) is 0 Å². The molecule has 1 aromatic heterocycles. The first-order chi connectivity index (χ1) is 9.22. The van der Waals surface area contributed by atoms with Gasteiger partial charge in [-0.1, -0.05) is 13.3 Å². The number of piperidine rings is 1. The van der Waals surface area contributed by atoms with Gasteiger partial charge in [-0.25, -0.2) is 9.97 Å². The summed E-state index contributed by atoms with van der Waals surface area (Å²) < 4.78 is 0. The predicted molar refractivity (Wildman–Crippen MR) is 79.2 cm³/mol. The molecule has 1 aliphatic heterocycles. The third-order valence-corrected chi connectivity index (χ3v) is 3.91. The van der Waals surface area contributed by atoms with Crippen molar-refractivity contribution >= 4 is 11.6 Å². The lowest BCUT2D eigenvalue weighted by molar-refractivity contribution is 0.180. The molecule has 0 radical (unpaired) electrons. The molecule has 1 atom stereocenters. The summed E-state index contributed by atoms with van der Waals surface area (Å²) in [5.41, 5.74) is 6.90. The van der Waals surface area contributed by atoms with Gasteiger partial charge in [-0.15, -0.1) is 0 Å². The summed E-state index contributed by atoms with van der Waals surface area (Å²) in [7, 11) is 0. The molecule has 2 heterocycles. The van der Waals surface area contributed by atoms with Gasteiger partial charge in [0.15, 0.2) is 0 Å². The van der Waals surface area contributed by atoms with Crippen molar-refractivity contribution < 1.29 is 0 Å². The van der Waals surface area contributed by atoms with Gasteiger partial charge in [-0.05, 0) is 39.3 Å². The molecule has 0 spiro atoms. The predicted octanol–water partition coefficient (Wildman–Crippen LogP) is 1.91. The molecule has 106 valence electrons. The van der Waals surface area contributed by atoms with Crippen LogP contribution >= 0.6 is 0 Å². The second kappa shape index (κ2) is 6.70. The van der Waals surface area contributed by atoms with Crippen LogP contribution in [0.15, 0.2) is 6.33 Å². The summed E-state index contributed by atoms with van der Waals surface area (Å²) in [5, 5.41) is 3.43. The Morgan fingerprint density at radius 1 is 1.32 bits per heavy atom. The van der Waals surface area contributed by atoms with E-state index in [-0.39, 0.29) is 0 Å². The number of anilines is 2. The Morgan fingerprint density at radius 3 is 2.74 bits per heavy atom. The van der Waals surface area contributed by atoms with Gasteiger partial charge in [0.05, 0.1) is 0 Å². The number of likely N-dealkylation sites (tertiary alicyclic amines) is 1. The fourth-order valence-electron chi connectivity index (χ4n) is 2.66. The monoisotopic (exact) mass is 263 g/mol. The Balaban J connectivity index is 1.92. The van der Waals surface area contributed by atoms with Gasteiger partial charge >= 0.3 is 0 Å². The summed E-state index contributed by atoms with van der Waals surface area (Å²) in [6.45, 7) is 7.69. The van der Waals surface area contributed by atoms with E-state index in [2.05, 4.69) is 34.0 Å². The second-order valence-electron chi connectivity index (χ2n) is 5.27. The van der Waals surface area contributed by atoms with E-state index in [0.717, 1.165) is 24.3 Å². The van der Waals surface area contributed by atoms with Crippen molar-refractivity contribution in [1.82, 2.24) is 14.9 Å². The SMILES string of the molecule is CCc1c(N)ncnc1NCC(C)N1CCCCC1. The first-order valence-corrected chi connectivity index (χ1v) is 7.29. The number of nitrogens with one attached hydrogen (secondary N) is 1. The quantitative estimate of drug-likeness (QED) is 0.849. The van der Waals surface area contributed by atoms with Crippen molar-refractivity contribution in [1.29, 1.82) is 0 Å². The Labute approximate surface area is 115 Å². The smallest absolute Gasteiger partial charge is 0.134 e. The van der Waals surface area contributed by atoms with Crippen LogP contribution in [0, 0.1) is 0 Å². The summed E-state index contributed by atoms with van der Waals surface area (Å²) in [6.07, 6.45) is 6.41. The average molecular weight is 263 g/mol. The standard InChI is InChI=1S/C14H25N5/c1-3-12-13(15)17-10-18-14(12)16-9-11(2)19-7-5-4-6-8-19/h10-11H,3-9H2,1-2H3,(H3,15,16,17,18). The molecule has 0 aromatic carbocycles. The van der Waals surface area contributed by atoms with Crippen molar-refractivity contribution in [2.24, 2.45) is 0 Å². The van der Waals surface area contributed by atoms with Crippen molar-refractivity contribution in [2.75, 3.05) is 30.7 Å². The van der Waals surface area contributed by atoms with Crippen LogP contribution in [0.4, 0.5) is 11.6 Å². The summed E-state index contributed by atoms with van der Waals surface area (Å²) in [4.78, 5) is 10.9. The number of rotatable bonds is 5. The van der Waals surface area contributed by atoms with Gasteiger partial charge in [0.2, 0.25) is 0 Å². The van der Waals surface area contributed by atoms with Crippen LogP contribution in [-0.4, -0.2) is 40.5 Å². The van der Waals surface area contributed by atoms with E-state index in [4.69, 9.17) is 5.73 Å². The van der Waals surface area contributed by atoms with E-state index < -0.39 is 0 Å². The maximum Gasteiger partial charge on any atom is 0.134 e. The lowest BCUT2D eigenvalue weighted by atomic mass is 10.1. The highest BCUT2D eigenvalue weighted by Crippen LogP contribution is 2.18. The zero-order chi connectivity index (χ0) is 13.7. The Morgan fingerprint density at radius 2 is 2.05 bits per heavy atom. The van der Waals surface area contributed by atoms with Crippen molar-refractivity contribution in [3.63, 3.8) is 0 Å². The molecule has 0 aliphatic carbocycles. The number of nitrogen functional groups attached to an aromatic ring is 1. The lowest BCUT2D eigenvalue weighted by Crippen LogP contribution is -2.41. The van der Waals surface area contributed by atoms with Gasteiger partial charge in [0, 0.05) is 18.2 Å². The van der Waals surface area contributed by atoms with E-state index in [1.165, 1.54) is 38.7 Å². The van der Waals surface area contributed by atoms with E-state index in [1.807, 2.05) is 0 Å². The van der Waals surface area contributed by atoms with Gasteiger partial charge in [-0.3, -0.25) is 4.90 Å². The van der Waals surface area contributed by atoms with Gasteiger partial charge < -0.3 is 11.1 Å². The highest BCUT2D eigenvalue weighted by atomic mass is 15.2. The third kappa shape index (κ3) is 3.56. The molecule has 5 heteroatoms. The van der Waals surface area contributed by atoms with Crippen molar-refractivity contribution in [2.45, 2.75) is 45.6 Å². The Hall–Kier alpha value is -1.36. The molecule has 1 aliphatic rings. The van der Waals surface area contributed by atoms with Crippen LogP contribution in [-0.2, 0) is 6.42 Å². The van der Waals surface area contributed by atoms with Crippen LogP contribution in [0.25, 0.3) is 0 Å². The second-order valence-corrected chi connectivity index (χ2v) is 5.27. The minimum Gasteiger partial charge on any atom is -0.383 e. The van der Waals surface area contributed by atoms with E-state index in [1.54, 1.807) is 0 Å². The average Bonchev–Trinajstić information content (AvgIpc) is 2.45. The summed E-state index contributed by atoms with van der Waals surface area (Å²) in [5.74, 6) is 1.48. The number of hydrogen-bond acceptors (Lipinski definition) is 5. The molecule has 5 nitrogen and oxygen atoms in total. The maximum absolute atomic E-state index is 5.88. The van der Waals surface area contributed by atoms with Crippen LogP contribution in [0.1, 0.15) is 38.7 Å². The topological polar surface area (TPSA) is 67.1 Å². The first kappa shape index (κ1) is 14.1. The van der Waals surface area contributed by atoms with E-state index >= 15 is 0 Å². The van der Waals surface area contributed by atoms with E-state index in [9.17, 15) is 0 Å². The molecular formula is C14H25N5. The number of nitrogens with two attached hydrogens (primary N) is 1. The largest absolute Gasteiger partial charge is 0.383 e. The molecule has 1 fully saturated rings. The maximum atomic E-state index is 5.88. The van der Waals surface area contributed by atoms with Crippen LogP contribution in [0.2, 0.25) is 0 Å². The highest BCUT2D eigenvalue weighted by Gasteiger charge is 2.17. The minimum absolute atomic E-state index is 0.529. The molecule has 1 aromatic rings. The molecule has 19 heavy (non-hydrogen) atoms. The van der Waals surface area contributed by atoms with E-state index in [0.29, 0.717) is 11.9 Å². The molecule has 1 saturated heterocycles. The van der Waals surface area contributed by atoms with Gasteiger partial charge in [-0.2, -0.15) is 0 Å². The lowest BCUT2D eigenvalue weighted by Gasteiger charge is -2.32.